The van der Waals surface area contributed by atoms with E-state index in [1.54, 1.807) is 0 Å². The molecule has 0 spiro atoms. The normalized spacial score (nSPS) is 11.9. The van der Waals surface area contributed by atoms with Crippen LogP contribution in [-0.4, -0.2) is 17.0 Å². The molecule has 1 rings (SSSR count). The van der Waals surface area contributed by atoms with Gasteiger partial charge in [-0.15, -0.1) is 0 Å². The smallest absolute Gasteiger partial charge is 0.306 e. The highest BCUT2D eigenvalue weighted by atomic mass is 16.4. The fourth-order valence-corrected chi connectivity index (χ4v) is 1.55. The Morgan fingerprint density at radius 3 is 2.50 bits per heavy atom. The van der Waals surface area contributed by atoms with E-state index in [0.29, 0.717) is 6.54 Å². The topological polar surface area (TPSA) is 66.4 Å². The van der Waals surface area contributed by atoms with Crippen LogP contribution in [0.2, 0.25) is 0 Å². The van der Waals surface area contributed by atoms with Gasteiger partial charge in [0.2, 0.25) is 5.91 Å². The molecule has 0 heterocycles. The maximum atomic E-state index is 11.5. The summed E-state index contributed by atoms with van der Waals surface area (Å²) in [6.07, 6.45) is 0.0141. The SMILES string of the molecule is Cc1ccc(CNC(=O)CC(C)C(=O)O)cc1C. The van der Waals surface area contributed by atoms with Crippen molar-refractivity contribution in [2.75, 3.05) is 0 Å². The number of benzene rings is 1. The third-order valence-corrected chi connectivity index (χ3v) is 2.97. The molecule has 0 saturated heterocycles. The molecular formula is C14H19NO3. The minimum Gasteiger partial charge on any atom is -0.481 e. The van der Waals surface area contributed by atoms with Gasteiger partial charge < -0.3 is 10.4 Å². The highest BCUT2D eigenvalue weighted by molar-refractivity contribution is 5.81. The maximum absolute atomic E-state index is 11.5. The summed E-state index contributed by atoms with van der Waals surface area (Å²) in [5.41, 5.74) is 3.42. The summed E-state index contributed by atoms with van der Waals surface area (Å²) < 4.78 is 0. The predicted octanol–water partition coefficient (Wildman–Crippen LogP) is 2.03. The molecule has 2 N–H and O–H groups in total. The Kier molecular flexibility index (Phi) is 4.89. The van der Waals surface area contributed by atoms with Crippen LogP contribution >= 0.6 is 0 Å². The van der Waals surface area contributed by atoms with Crippen molar-refractivity contribution >= 4 is 11.9 Å². The second-order valence-corrected chi connectivity index (χ2v) is 4.64. The molecule has 0 radical (unpaired) electrons. The highest BCUT2D eigenvalue weighted by Gasteiger charge is 2.15. The van der Waals surface area contributed by atoms with Gasteiger partial charge in [-0.1, -0.05) is 25.1 Å². The summed E-state index contributed by atoms with van der Waals surface area (Å²) in [4.78, 5) is 22.1. The van der Waals surface area contributed by atoms with Crippen molar-refractivity contribution in [2.24, 2.45) is 5.92 Å². The number of carbonyl (C=O) groups is 2. The first-order valence-corrected chi connectivity index (χ1v) is 5.95. The maximum Gasteiger partial charge on any atom is 0.306 e. The van der Waals surface area contributed by atoms with Gasteiger partial charge in [0, 0.05) is 13.0 Å². The molecule has 0 bridgehead atoms. The summed E-state index contributed by atoms with van der Waals surface area (Å²) in [5.74, 6) is -1.83. The summed E-state index contributed by atoms with van der Waals surface area (Å²) >= 11 is 0. The van der Waals surface area contributed by atoms with E-state index in [1.165, 1.54) is 18.1 Å². The van der Waals surface area contributed by atoms with E-state index in [-0.39, 0.29) is 12.3 Å². The number of carbonyl (C=O) groups excluding carboxylic acids is 1. The van der Waals surface area contributed by atoms with Crippen molar-refractivity contribution in [1.29, 1.82) is 0 Å². The zero-order valence-electron chi connectivity index (χ0n) is 11.0. The second kappa shape index (κ2) is 6.19. The molecule has 0 fully saturated rings. The van der Waals surface area contributed by atoms with Crippen molar-refractivity contribution < 1.29 is 14.7 Å². The zero-order valence-corrected chi connectivity index (χ0v) is 11.0. The van der Waals surface area contributed by atoms with E-state index < -0.39 is 11.9 Å². The van der Waals surface area contributed by atoms with E-state index in [2.05, 4.69) is 5.32 Å². The van der Waals surface area contributed by atoms with Gasteiger partial charge in [0.15, 0.2) is 0 Å². The number of aryl methyl sites for hydroxylation is 2. The van der Waals surface area contributed by atoms with Crippen LogP contribution in [0.15, 0.2) is 18.2 Å². The number of rotatable bonds is 5. The van der Waals surface area contributed by atoms with Crippen LogP contribution < -0.4 is 5.32 Å². The number of hydrogen-bond acceptors (Lipinski definition) is 2. The Balaban J connectivity index is 2.47. The lowest BCUT2D eigenvalue weighted by Crippen LogP contribution is -2.26. The Hall–Kier alpha value is -1.84. The first-order valence-electron chi connectivity index (χ1n) is 5.95. The van der Waals surface area contributed by atoms with Crippen LogP contribution in [0.4, 0.5) is 0 Å². The Labute approximate surface area is 107 Å². The summed E-state index contributed by atoms with van der Waals surface area (Å²) in [6, 6.07) is 6.00. The Morgan fingerprint density at radius 1 is 1.28 bits per heavy atom. The number of amides is 1. The molecular weight excluding hydrogens is 230 g/mol. The molecule has 1 amide bonds. The van der Waals surface area contributed by atoms with Crippen molar-refractivity contribution in [3.8, 4) is 0 Å². The van der Waals surface area contributed by atoms with Gasteiger partial charge in [-0.05, 0) is 30.5 Å². The average Bonchev–Trinajstić information content (AvgIpc) is 2.30. The zero-order chi connectivity index (χ0) is 13.7. The summed E-state index contributed by atoms with van der Waals surface area (Å²) in [6.45, 7) is 6.02. The van der Waals surface area contributed by atoms with Crippen LogP contribution in [0.25, 0.3) is 0 Å². The fourth-order valence-electron chi connectivity index (χ4n) is 1.55. The first kappa shape index (κ1) is 14.2. The lowest BCUT2D eigenvalue weighted by Gasteiger charge is -2.09. The minimum atomic E-state index is -0.948. The number of nitrogens with one attached hydrogen (secondary N) is 1. The largest absolute Gasteiger partial charge is 0.481 e. The molecule has 1 unspecified atom stereocenters. The van der Waals surface area contributed by atoms with Gasteiger partial charge in [0.1, 0.15) is 0 Å². The van der Waals surface area contributed by atoms with E-state index in [1.807, 2.05) is 32.0 Å². The molecule has 0 saturated carbocycles. The van der Waals surface area contributed by atoms with Gasteiger partial charge in [-0.2, -0.15) is 0 Å². The monoisotopic (exact) mass is 249 g/mol. The third kappa shape index (κ3) is 4.20. The van der Waals surface area contributed by atoms with Gasteiger partial charge in [0.25, 0.3) is 0 Å². The second-order valence-electron chi connectivity index (χ2n) is 4.64. The third-order valence-electron chi connectivity index (χ3n) is 2.97. The fraction of sp³-hybridized carbons (Fsp3) is 0.429. The van der Waals surface area contributed by atoms with E-state index in [0.717, 1.165) is 5.56 Å². The van der Waals surface area contributed by atoms with Crippen LogP contribution in [0.5, 0.6) is 0 Å². The van der Waals surface area contributed by atoms with Gasteiger partial charge in [-0.3, -0.25) is 9.59 Å². The molecule has 0 aromatic heterocycles. The van der Waals surface area contributed by atoms with Crippen molar-refractivity contribution in [3.63, 3.8) is 0 Å². The van der Waals surface area contributed by atoms with Gasteiger partial charge in [-0.25, -0.2) is 0 Å². The van der Waals surface area contributed by atoms with Crippen molar-refractivity contribution in [1.82, 2.24) is 5.32 Å². The van der Waals surface area contributed by atoms with Crippen LogP contribution in [0.3, 0.4) is 0 Å². The van der Waals surface area contributed by atoms with Crippen LogP contribution in [-0.2, 0) is 16.1 Å². The lowest BCUT2D eigenvalue weighted by atomic mass is 10.1. The van der Waals surface area contributed by atoms with Crippen LogP contribution in [0.1, 0.15) is 30.0 Å². The standard InChI is InChI=1S/C14H19NO3/c1-9-4-5-12(6-10(9)2)8-15-13(16)7-11(3)14(17)18/h4-6,11H,7-8H2,1-3H3,(H,15,16)(H,17,18). The molecule has 0 aliphatic carbocycles. The molecule has 98 valence electrons. The molecule has 4 nitrogen and oxygen atoms in total. The van der Waals surface area contributed by atoms with Crippen LogP contribution in [0, 0.1) is 19.8 Å². The number of aliphatic carboxylic acids is 1. The van der Waals surface area contributed by atoms with E-state index >= 15 is 0 Å². The van der Waals surface area contributed by atoms with Crippen molar-refractivity contribution in [3.05, 3.63) is 34.9 Å². The number of carboxylic acid groups (broad SMARTS) is 1. The Morgan fingerprint density at radius 2 is 1.94 bits per heavy atom. The highest BCUT2D eigenvalue weighted by Crippen LogP contribution is 2.09. The summed E-state index contributed by atoms with van der Waals surface area (Å²) in [7, 11) is 0. The van der Waals surface area contributed by atoms with Gasteiger partial charge >= 0.3 is 5.97 Å². The van der Waals surface area contributed by atoms with Gasteiger partial charge in [0.05, 0.1) is 5.92 Å². The summed E-state index contributed by atoms with van der Waals surface area (Å²) in [5, 5.41) is 11.4. The molecule has 1 atom stereocenters. The quantitative estimate of drug-likeness (QED) is 0.839. The predicted molar refractivity (Wildman–Crippen MR) is 69.2 cm³/mol. The number of hydrogen-bond donors (Lipinski definition) is 2. The minimum absolute atomic E-state index is 0.0141. The molecule has 1 aromatic carbocycles. The number of carboxylic acids is 1. The molecule has 18 heavy (non-hydrogen) atoms. The van der Waals surface area contributed by atoms with E-state index in [4.69, 9.17) is 5.11 Å². The van der Waals surface area contributed by atoms with Crippen molar-refractivity contribution in [2.45, 2.75) is 33.7 Å². The Bertz CT molecular complexity index is 454. The first-order chi connectivity index (χ1) is 8.40. The van der Waals surface area contributed by atoms with E-state index in [9.17, 15) is 9.59 Å². The molecule has 0 aliphatic heterocycles. The molecule has 1 aromatic rings. The molecule has 0 aliphatic rings. The average molecular weight is 249 g/mol. The lowest BCUT2D eigenvalue weighted by molar-refractivity contribution is -0.143. The molecule has 4 heteroatoms.